The van der Waals surface area contributed by atoms with Gasteiger partial charge in [-0.3, -0.25) is 0 Å². The van der Waals surface area contributed by atoms with E-state index in [0.29, 0.717) is 5.25 Å². The number of aryl methyl sites for hydroxylation is 1. The molecule has 0 saturated heterocycles. The smallest absolute Gasteiger partial charge is 0.0425 e. The first-order valence-corrected chi connectivity index (χ1v) is 7.19. The second-order valence-corrected chi connectivity index (χ2v) is 6.21. The number of hydrogen-bond acceptors (Lipinski definition) is 2. The Kier molecular flexibility index (Phi) is 3.14. The minimum atomic E-state index is 0.160. The summed E-state index contributed by atoms with van der Waals surface area (Å²) in [5.74, 6) is 0. The lowest BCUT2D eigenvalue weighted by atomic mass is 10.1. The fraction of sp³-hybridized carbons (Fsp3) is 0.250. The molecule has 0 aliphatic heterocycles. The van der Waals surface area contributed by atoms with E-state index in [9.17, 15) is 0 Å². The molecule has 1 nitrogen and oxygen atoms in total. The average Bonchev–Trinajstić information content (AvgIpc) is 2.70. The molecule has 0 saturated carbocycles. The van der Waals surface area contributed by atoms with Crippen LogP contribution in [-0.2, 0) is 6.42 Å². The van der Waals surface area contributed by atoms with Crippen molar-refractivity contribution in [1.82, 2.24) is 0 Å². The number of rotatable bonds is 2. The van der Waals surface area contributed by atoms with E-state index in [4.69, 9.17) is 5.73 Å². The van der Waals surface area contributed by atoms with Gasteiger partial charge < -0.3 is 5.73 Å². The van der Waals surface area contributed by atoms with Gasteiger partial charge in [-0.25, -0.2) is 0 Å². The maximum atomic E-state index is 6.35. The largest absolute Gasteiger partial charge is 0.323 e. The molecule has 2 heteroatoms. The molecule has 2 unspecified atom stereocenters. The van der Waals surface area contributed by atoms with E-state index in [1.807, 2.05) is 11.8 Å². The van der Waals surface area contributed by atoms with E-state index in [0.717, 1.165) is 6.42 Å². The first-order valence-electron chi connectivity index (χ1n) is 6.31. The van der Waals surface area contributed by atoms with E-state index >= 15 is 0 Å². The van der Waals surface area contributed by atoms with Gasteiger partial charge >= 0.3 is 0 Å². The van der Waals surface area contributed by atoms with Crippen molar-refractivity contribution in [2.45, 2.75) is 29.5 Å². The van der Waals surface area contributed by atoms with Gasteiger partial charge in [0.2, 0.25) is 0 Å². The zero-order chi connectivity index (χ0) is 12.5. The summed E-state index contributed by atoms with van der Waals surface area (Å²) in [6, 6.07) is 17.4. The third kappa shape index (κ3) is 2.18. The number of benzene rings is 2. The molecule has 2 aromatic carbocycles. The van der Waals surface area contributed by atoms with E-state index in [2.05, 4.69) is 55.5 Å². The molecule has 0 amide bonds. The van der Waals surface area contributed by atoms with Crippen LogP contribution in [0.4, 0.5) is 0 Å². The Labute approximate surface area is 112 Å². The van der Waals surface area contributed by atoms with Gasteiger partial charge in [0.25, 0.3) is 0 Å². The number of thioether (sulfide) groups is 1. The second-order valence-electron chi connectivity index (χ2n) is 4.90. The maximum absolute atomic E-state index is 6.35. The molecule has 0 heterocycles. The molecule has 1 aliphatic rings. The topological polar surface area (TPSA) is 26.0 Å². The van der Waals surface area contributed by atoms with Crippen LogP contribution in [0.1, 0.15) is 22.7 Å². The van der Waals surface area contributed by atoms with Gasteiger partial charge in [0.15, 0.2) is 0 Å². The predicted octanol–water partition coefficient (Wildman–Crippen LogP) is 3.71. The molecule has 2 aromatic rings. The average molecular weight is 255 g/mol. The second kappa shape index (κ2) is 4.79. The van der Waals surface area contributed by atoms with Gasteiger partial charge in [-0.05, 0) is 36.6 Å². The number of fused-ring (bicyclic) bond motifs is 1. The van der Waals surface area contributed by atoms with Crippen molar-refractivity contribution in [3.63, 3.8) is 0 Å². The molecular weight excluding hydrogens is 238 g/mol. The van der Waals surface area contributed by atoms with Crippen molar-refractivity contribution < 1.29 is 0 Å². The monoisotopic (exact) mass is 255 g/mol. The van der Waals surface area contributed by atoms with Crippen molar-refractivity contribution in [1.29, 1.82) is 0 Å². The van der Waals surface area contributed by atoms with Crippen LogP contribution in [0, 0.1) is 6.92 Å². The van der Waals surface area contributed by atoms with E-state index in [1.54, 1.807) is 0 Å². The molecular formula is C16H17NS. The highest BCUT2D eigenvalue weighted by molar-refractivity contribution is 8.00. The van der Waals surface area contributed by atoms with Gasteiger partial charge in [-0.1, -0.05) is 42.0 Å². The summed E-state index contributed by atoms with van der Waals surface area (Å²) in [4.78, 5) is 1.31. The van der Waals surface area contributed by atoms with Crippen LogP contribution < -0.4 is 5.73 Å². The first-order chi connectivity index (χ1) is 8.74. The molecule has 0 bridgehead atoms. The fourth-order valence-electron chi connectivity index (χ4n) is 2.50. The predicted molar refractivity (Wildman–Crippen MR) is 77.9 cm³/mol. The molecule has 3 rings (SSSR count). The summed E-state index contributed by atoms with van der Waals surface area (Å²) in [7, 11) is 0. The first kappa shape index (κ1) is 11.8. The van der Waals surface area contributed by atoms with Gasteiger partial charge in [0.1, 0.15) is 0 Å². The van der Waals surface area contributed by atoms with E-state index < -0.39 is 0 Å². The quantitative estimate of drug-likeness (QED) is 0.885. The minimum absolute atomic E-state index is 0.160. The summed E-state index contributed by atoms with van der Waals surface area (Å²) in [6.07, 6.45) is 1.08. The normalized spacial score (nSPS) is 21.9. The van der Waals surface area contributed by atoms with Crippen molar-refractivity contribution >= 4 is 11.8 Å². The molecule has 2 N–H and O–H groups in total. The maximum Gasteiger partial charge on any atom is 0.0425 e. The van der Waals surface area contributed by atoms with Crippen LogP contribution in [0.3, 0.4) is 0 Å². The van der Waals surface area contributed by atoms with Gasteiger partial charge in [0, 0.05) is 16.2 Å². The molecule has 0 aromatic heterocycles. The van der Waals surface area contributed by atoms with Gasteiger partial charge in [0.05, 0.1) is 0 Å². The SMILES string of the molecule is Cc1ccc(SC2Cc3ccccc3C2N)cc1. The highest BCUT2D eigenvalue weighted by atomic mass is 32.2. The summed E-state index contributed by atoms with van der Waals surface area (Å²) < 4.78 is 0. The minimum Gasteiger partial charge on any atom is -0.323 e. The zero-order valence-corrected chi connectivity index (χ0v) is 11.3. The molecule has 0 fully saturated rings. The van der Waals surface area contributed by atoms with Crippen molar-refractivity contribution in [3.8, 4) is 0 Å². The molecule has 0 spiro atoms. The van der Waals surface area contributed by atoms with Crippen molar-refractivity contribution in [2.24, 2.45) is 5.73 Å². The Balaban J connectivity index is 1.78. The molecule has 92 valence electrons. The lowest BCUT2D eigenvalue weighted by Gasteiger charge is -2.15. The Morgan fingerprint density at radius 3 is 2.50 bits per heavy atom. The molecule has 1 aliphatic carbocycles. The highest BCUT2D eigenvalue weighted by Gasteiger charge is 2.29. The summed E-state index contributed by atoms with van der Waals surface area (Å²) in [5.41, 5.74) is 10.4. The Morgan fingerprint density at radius 1 is 1.06 bits per heavy atom. The fourth-order valence-corrected chi connectivity index (χ4v) is 3.69. The van der Waals surface area contributed by atoms with E-state index in [-0.39, 0.29) is 6.04 Å². The molecule has 2 atom stereocenters. The van der Waals surface area contributed by atoms with Gasteiger partial charge in [-0.2, -0.15) is 0 Å². The number of hydrogen-bond donors (Lipinski definition) is 1. The van der Waals surface area contributed by atoms with Crippen LogP contribution in [0.25, 0.3) is 0 Å². The van der Waals surface area contributed by atoms with E-state index in [1.165, 1.54) is 21.6 Å². The zero-order valence-electron chi connectivity index (χ0n) is 10.5. The summed E-state index contributed by atoms with van der Waals surface area (Å²) in [6.45, 7) is 2.12. The third-order valence-electron chi connectivity index (χ3n) is 3.54. The van der Waals surface area contributed by atoms with Gasteiger partial charge in [-0.15, -0.1) is 11.8 Å². The van der Waals surface area contributed by atoms with Crippen LogP contribution in [0.2, 0.25) is 0 Å². The molecule has 0 radical (unpaired) electrons. The molecule has 18 heavy (non-hydrogen) atoms. The Morgan fingerprint density at radius 2 is 1.78 bits per heavy atom. The van der Waals surface area contributed by atoms with Crippen molar-refractivity contribution in [2.75, 3.05) is 0 Å². The van der Waals surface area contributed by atoms with Crippen LogP contribution in [0.15, 0.2) is 53.4 Å². The Bertz CT molecular complexity index is 547. The van der Waals surface area contributed by atoms with Crippen LogP contribution >= 0.6 is 11.8 Å². The highest BCUT2D eigenvalue weighted by Crippen LogP contribution is 2.39. The lowest BCUT2D eigenvalue weighted by molar-refractivity contribution is 0.731. The van der Waals surface area contributed by atoms with Crippen LogP contribution in [0.5, 0.6) is 0 Å². The number of nitrogens with two attached hydrogens (primary N) is 1. The van der Waals surface area contributed by atoms with Crippen LogP contribution in [-0.4, -0.2) is 5.25 Å². The van der Waals surface area contributed by atoms with Crippen molar-refractivity contribution in [3.05, 3.63) is 65.2 Å². The standard InChI is InChI=1S/C16H17NS/c1-11-6-8-13(9-7-11)18-15-10-12-4-2-3-5-14(12)16(15)17/h2-9,15-16H,10,17H2,1H3. The lowest BCUT2D eigenvalue weighted by Crippen LogP contribution is -2.18. The summed E-state index contributed by atoms with van der Waals surface area (Å²) in [5, 5.41) is 0.463. The summed E-state index contributed by atoms with van der Waals surface area (Å²) >= 11 is 1.90. The Hall–Kier alpha value is -1.25. The third-order valence-corrected chi connectivity index (χ3v) is 4.85.